The largest absolute Gasteiger partial charge is 0.361 e. The third-order valence-corrected chi connectivity index (χ3v) is 5.39. The first-order valence-electron chi connectivity index (χ1n) is 8.33. The van der Waals surface area contributed by atoms with Crippen LogP contribution in [0.25, 0.3) is 0 Å². The Bertz CT molecular complexity index is 317. The van der Waals surface area contributed by atoms with E-state index in [0.717, 1.165) is 18.5 Å². The second kappa shape index (κ2) is 8.28. The van der Waals surface area contributed by atoms with Crippen molar-refractivity contribution in [3.8, 4) is 0 Å². The van der Waals surface area contributed by atoms with Gasteiger partial charge < -0.3 is 10.2 Å². The van der Waals surface area contributed by atoms with Gasteiger partial charge in [0.15, 0.2) is 5.17 Å². The molecule has 2 rings (SSSR count). The summed E-state index contributed by atoms with van der Waals surface area (Å²) in [7, 11) is 0. The molecule has 0 aromatic heterocycles. The van der Waals surface area contributed by atoms with Crippen LogP contribution in [0.15, 0.2) is 4.99 Å². The Balaban J connectivity index is 1.62. The predicted octanol–water partition coefficient (Wildman–Crippen LogP) is 3.36. The molecule has 4 heteroatoms. The van der Waals surface area contributed by atoms with Crippen molar-refractivity contribution in [2.75, 3.05) is 25.4 Å². The third-order valence-electron chi connectivity index (χ3n) is 4.30. The summed E-state index contributed by atoms with van der Waals surface area (Å²) in [5.41, 5.74) is 0. The topological polar surface area (TPSA) is 27.6 Å². The molecule has 116 valence electrons. The van der Waals surface area contributed by atoms with Crippen LogP contribution in [0.4, 0.5) is 0 Å². The van der Waals surface area contributed by atoms with Gasteiger partial charge in [-0.15, -0.1) is 0 Å². The standard InChI is InChI=1S/C16H31N3S/c1-13(2)11-15-12-20-16(18-15)17-8-6-10-19-9-5-4-7-14(19)3/h13-15H,4-12H2,1-3H3,(H,17,18). The zero-order valence-electron chi connectivity index (χ0n) is 13.4. The fourth-order valence-corrected chi connectivity index (χ4v) is 4.18. The third kappa shape index (κ3) is 5.28. The first kappa shape index (κ1) is 16.2. The Labute approximate surface area is 129 Å². The highest BCUT2D eigenvalue weighted by Crippen LogP contribution is 2.19. The average molecular weight is 298 g/mol. The van der Waals surface area contributed by atoms with Crippen molar-refractivity contribution in [2.45, 2.75) is 65.0 Å². The van der Waals surface area contributed by atoms with E-state index in [-0.39, 0.29) is 0 Å². The summed E-state index contributed by atoms with van der Waals surface area (Å²) in [4.78, 5) is 7.37. The van der Waals surface area contributed by atoms with E-state index in [4.69, 9.17) is 4.99 Å². The Hall–Kier alpha value is -0.220. The van der Waals surface area contributed by atoms with Crippen LogP contribution in [0.2, 0.25) is 0 Å². The van der Waals surface area contributed by atoms with Gasteiger partial charge in [0.25, 0.3) is 0 Å². The number of amidine groups is 1. The van der Waals surface area contributed by atoms with E-state index in [1.54, 1.807) is 0 Å². The molecule has 2 aliphatic heterocycles. The van der Waals surface area contributed by atoms with Crippen LogP contribution in [0.1, 0.15) is 52.9 Å². The summed E-state index contributed by atoms with van der Waals surface area (Å²) in [6, 6.07) is 1.42. The molecule has 1 N–H and O–H groups in total. The number of piperidine rings is 1. The molecule has 2 atom stereocenters. The number of thioether (sulfide) groups is 1. The zero-order valence-corrected chi connectivity index (χ0v) is 14.2. The highest BCUT2D eigenvalue weighted by atomic mass is 32.2. The van der Waals surface area contributed by atoms with Crippen molar-refractivity contribution < 1.29 is 0 Å². The Morgan fingerprint density at radius 2 is 2.25 bits per heavy atom. The van der Waals surface area contributed by atoms with Crippen LogP contribution in [0.3, 0.4) is 0 Å². The molecule has 2 heterocycles. The van der Waals surface area contributed by atoms with Crippen molar-refractivity contribution in [3.05, 3.63) is 0 Å². The van der Waals surface area contributed by atoms with Crippen LogP contribution in [-0.2, 0) is 0 Å². The number of nitrogens with one attached hydrogen (secondary N) is 1. The number of rotatable bonds is 6. The van der Waals surface area contributed by atoms with Gasteiger partial charge in [-0.25, -0.2) is 0 Å². The Kier molecular flexibility index (Phi) is 6.69. The summed E-state index contributed by atoms with van der Waals surface area (Å²) in [5, 5.41) is 4.75. The van der Waals surface area contributed by atoms with E-state index in [9.17, 15) is 0 Å². The maximum absolute atomic E-state index is 4.73. The molecule has 0 radical (unpaired) electrons. The summed E-state index contributed by atoms with van der Waals surface area (Å²) in [6.45, 7) is 10.4. The van der Waals surface area contributed by atoms with Gasteiger partial charge in [0.1, 0.15) is 0 Å². The quantitative estimate of drug-likeness (QED) is 0.762. The minimum atomic E-state index is 0.640. The minimum absolute atomic E-state index is 0.640. The van der Waals surface area contributed by atoms with Crippen molar-refractivity contribution in [1.82, 2.24) is 10.2 Å². The fraction of sp³-hybridized carbons (Fsp3) is 0.938. The molecule has 2 saturated heterocycles. The number of hydrogen-bond donors (Lipinski definition) is 1. The van der Waals surface area contributed by atoms with Crippen molar-refractivity contribution in [1.29, 1.82) is 0 Å². The van der Waals surface area contributed by atoms with Gasteiger partial charge in [0, 0.05) is 30.9 Å². The highest BCUT2D eigenvalue weighted by molar-refractivity contribution is 8.14. The summed E-state index contributed by atoms with van der Waals surface area (Å²) in [5.74, 6) is 1.97. The molecule has 0 aromatic carbocycles. The van der Waals surface area contributed by atoms with Crippen LogP contribution < -0.4 is 5.32 Å². The van der Waals surface area contributed by atoms with E-state index in [0.29, 0.717) is 6.04 Å². The maximum atomic E-state index is 4.73. The molecule has 0 aromatic rings. The number of likely N-dealkylation sites (tertiary alicyclic amines) is 1. The first-order chi connectivity index (χ1) is 9.65. The van der Waals surface area contributed by atoms with E-state index in [2.05, 4.69) is 31.0 Å². The molecule has 0 bridgehead atoms. The van der Waals surface area contributed by atoms with Gasteiger partial charge in [-0.3, -0.25) is 4.99 Å². The normalized spacial score (nSPS) is 30.1. The molecule has 3 nitrogen and oxygen atoms in total. The second-order valence-electron chi connectivity index (χ2n) is 6.70. The lowest BCUT2D eigenvalue weighted by molar-refractivity contribution is 0.160. The Morgan fingerprint density at radius 3 is 3.00 bits per heavy atom. The van der Waals surface area contributed by atoms with Crippen LogP contribution in [0.5, 0.6) is 0 Å². The fourth-order valence-electron chi connectivity index (χ4n) is 3.17. The molecule has 2 unspecified atom stereocenters. The number of nitrogens with zero attached hydrogens (tertiary/aromatic N) is 2. The number of aliphatic imine (C=N–C) groups is 1. The SMILES string of the molecule is CC(C)CC1CSC(=NCCCN2CCCCC2C)N1. The molecule has 0 saturated carbocycles. The van der Waals surface area contributed by atoms with Crippen molar-refractivity contribution >= 4 is 16.9 Å². The molecular weight excluding hydrogens is 266 g/mol. The predicted molar refractivity (Wildman–Crippen MR) is 90.6 cm³/mol. The summed E-state index contributed by atoms with van der Waals surface area (Å²) >= 11 is 1.90. The lowest BCUT2D eigenvalue weighted by atomic mass is 10.0. The molecule has 2 aliphatic rings. The molecule has 0 aliphatic carbocycles. The van der Waals surface area contributed by atoms with Gasteiger partial charge in [-0.1, -0.05) is 32.0 Å². The maximum Gasteiger partial charge on any atom is 0.156 e. The zero-order chi connectivity index (χ0) is 14.4. The molecule has 0 spiro atoms. The van der Waals surface area contributed by atoms with E-state index >= 15 is 0 Å². The molecule has 20 heavy (non-hydrogen) atoms. The lowest BCUT2D eigenvalue weighted by Crippen LogP contribution is -2.38. The highest BCUT2D eigenvalue weighted by Gasteiger charge is 2.21. The van der Waals surface area contributed by atoms with Crippen LogP contribution in [0, 0.1) is 5.92 Å². The Morgan fingerprint density at radius 1 is 1.40 bits per heavy atom. The van der Waals surface area contributed by atoms with E-state index in [1.807, 2.05) is 11.8 Å². The van der Waals surface area contributed by atoms with Gasteiger partial charge >= 0.3 is 0 Å². The van der Waals surface area contributed by atoms with Crippen molar-refractivity contribution in [2.24, 2.45) is 10.9 Å². The van der Waals surface area contributed by atoms with E-state index in [1.165, 1.54) is 56.1 Å². The second-order valence-corrected chi connectivity index (χ2v) is 7.71. The van der Waals surface area contributed by atoms with Gasteiger partial charge in [-0.2, -0.15) is 0 Å². The minimum Gasteiger partial charge on any atom is -0.361 e. The van der Waals surface area contributed by atoms with Crippen molar-refractivity contribution in [3.63, 3.8) is 0 Å². The summed E-state index contributed by atoms with van der Waals surface area (Å²) in [6.07, 6.45) is 6.63. The van der Waals surface area contributed by atoms with Gasteiger partial charge in [-0.05, 0) is 45.1 Å². The molecule has 2 fully saturated rings. The van der Waals surface area contributed by atoms with Gasteiger partial charge in [0.2, 0.25) is 0 Å². The summed E-state index contributed by atoms with van der Waals surface area (Å²) < 4.78 is 0. The smallest absolute Gasteiger partial charge is 0.156 e. The lowest BCUT2D eigenvalue weighted by Gasteiger charge is -2.33. The van der Waals surface area contributed by atoms with Gasteiger partial charge in [0.05, 0.1) is 0 Å². The average Bonchev–Trinajstić information content (AvgIpc) is 2.83. The molecular formula is C16H31N3S. The molecule has 0 amide bonds. The number of hydrogen-bond acceptors (Lipinski definition) is 3. The van der Waals surface area contributed by atoms with Crippen LogP contribution in [-0.4, -0.2) is 47.5 Å². The van der Waals surface area contributed by atoms with E-state index < -0.39 is 0 Å². The van der Waals surface area contributed by atoms with Crippen LogP contribution >= 0.6 is 11.8 Å². The monoisotopic (exact) mass is 297 g/mol. The first-order valence-corrected chi connectivity index (χ1v) is 9.31.